The highest BCUT2D eigenvalue weighted by Crippen LogP contribution is 2.22. The van der Waals surface area contributed by atoms with E-state index < -0.39 is 0 Å². The summed E-state index contributed by atoms with van der Waals surface area (Å²) in [6.45, 7) is 0. The van der Waals surface area contributed by atoms with E-state index in [2.05, 4.69) is 25.3 Å². The first kappa shape index (κ1) is 8.45. The first-order chi connectivity index (χ1) is 8.33. The van der Waals surface area contributed by atoms with Crippen molar-refractivity contribution in [1.82, 2.24) is 29.8 Å². The Balaban J connectivity index is 2.29. The summed E-state index contributed by atoms with van der Waals surface area (Å²) in [6, 6.07) is 7.87. The van der Waals surface area contributed by atoms with Crippen LogP contribution >= 0.6 is 0 Å². The van der Waals surface area contributed by atoms with E-state index in [1.165, 1.54) is 4.52 Å². The number of nitrogens with one attached hydrogen (secondary N) is 1. The lowest BCUT2D eigenvalue weighted by molar-refractivity contribution is 0.950. The van der Waals surface area contributed by atoms with E-state index in [0.29, 0.717) is 11.4 Å². The Morgan fingerprint density at radius 1 is 1.18 bits per heavy atom. The number of rotatable bonds is 0. The van der Waals surface area contributed by atoms with Gasteiger partial charge in [0.2, 0.25) is 5.95 Å². The second kappa shape index (κ2) is 2.70. The molecule has 0 spiro atoms. The number of aromatic nitrogens is 6. The molecule has 4 rings (SSSR count). The third kappa shape index (κ3) is 0.996. The Morgan fingerprint density at radius 2 is 2.06 bits per heavy atom. The molecule has 0 aliphatic carbocycles. The minimum absolute atomic E-state index is 0.236. The smallest absolute Gasteiger partial charge is 0.275 e. The molecule has 3 N–H and O–H groups in total. The molecule has 7 heteroatoms. The van der Waals surface area contributed by atoms with Crippen LogP contribution in [0.15, 0.2) is 24.3 Å². The van der Waals surface area contributed by atoms with Crippen LogP contribution in [0.4, 0.5) is 5.95 Å². The fourth-order valence-corrected chi connectivity index (χ4v) is 1.94. The van der Waals surface area contributed by atoms with Crippen molar-refractivity contribution in [3.05, 3.63) is 24.3 Å². The second-order valence-electron chi connectivity index (χ2n) is 3.75. The zero-order valence-corrected chi connectivity index (χ0v) is 8.62. The second-order valence-corrected chi connectivity index (χ2v) is 3.75. The van der Waals surface area contributed by atoms with E-state index in [-0.39, 0.29) is 5.95 Å². The number of anilines is 1. The molecule has 0 unspecified atom stereocenters. The zero-order chi connectivity index (χ0) is 11.4. The molecule has 7 nitrogen and oxygen atoms in total. The monoisotopic (exact) mass is 225 g/mol. The molecule has 1 aromatic carbocycles. The number of nitrogen functional groups attached to an aromatic ring is 1. The molecule has 0 bridgehead atoms. The fourth-order valence-electron chi connectivity index (χ4n) is 1.94. The Bertz CT molecular complexity index is 857. The van der Waals surface area contributed by atoms with E-state index in [4.69, 9.17) is 5.73 Å². The number of H-pyrrole nitrogens is 1. The number of hydrogen-bond donors (Lipinski definition) is 2. The van der Waals surface area contributed by atoms with Gasteiger partial charge in [0, 0.05) is 10.9 Å². The largest absolute Gasteiger partial charge is 0.366 e. The molecule has 17 heavy (non-hydrogen) atoms. The molecule has 0 amide bonds. The van der Waals surface area contributed by atoms with Crippen LogP contribution in [-0.4, -0.2) is 29.8 Å². The maximum absolute atomic E-state index is 5.66. The molecule has 0 fully saturated rings. The van der Waals surface area contributed by atoms with Gasteiger partial charge < -0.3 is 10.7 Å². The highest BCUT2D eigenvalue weighted by atomic mass is 15.4. The van der Waals surface area contributed by atoms with Crippen LogP contribution < -0.4 is 5.73 Å². The average molecular weight is 225 g/mol. The van der Waals surface area contributed by atoms with E-state index in [1.807, 2.05) is 24.3 Å². The Kier molecular flexibility index (Phi) is 1.34. The number of nitrogens with two attached hydrogens (primary N) is 1. The third-order valence-electron chi connectivity index (χ3n) is 2.72. The number of para-hydroxylation sites is 1. The highest BCUT2D eigenvalue weighted by molar-refractivity contribution is 6.03. The lowest BCUT2D eigenvalue weighted by Gasteiger charge is -1.93. The van der Waals surface area contributed by atoms with Gasteiger partial charge in [0.15, 0.2) is 5.65 Å². The molecular weight excluding hydrogens is 218 g/mol. The summed E-state index contributed by atoms with van der Waals surface area (Å²) in [5.74, 6) is 0.626. The van der Waals surface area contributed by atoms with E-state index in [0.717, 1.165) is 16.4 Å². The lowest BCUT2D eigenvalue weighted by atomic mass is 10.2. The first-order valence-corrected chi connectivity index (χ1v) is 5.08. The molecule has 0 aliphatic rings. The van der Waals surface area contributed by atoms with Crippen LogP contribution in [0.5, 0.6) is 0 Å². The molecule has 3 aromatic heterocycles. The summed E-state index contributed by atoms with van der Waals surface area (Å²) in [4.78, 5) is 7.51. The van der Waals surface area contributed by atoms with E-state index in [9.17, 15) is 0 Å². The maximum Gasteiger partial charge on any atom is 0.275 e. The van der Waals surface area contributed by atoms with Gasteiger partial charge in [-0.3, -0.25) is 0 Å². The lowest BCUT2D eigenvalue weighted by Crippen LogP contribution is -1.99. The van der Waals surface area contributed by atoms with Crippen LogP contribution in [-0.2, 0) is 0 Å². The minimum Gasteiger partial charge on any atom is -0.366 e. The highest BCUT2D eigenvalue weighted by Gasteiger charge is 2.11. The topological polar surface area (TPSA) is 97.8 Å². The van der Waals surface area contributed by atoms with Crippen LogP contribution in [0.3, 0.4) is 0 Å². The summed E-state index contributed by atoms with van der Waals surface area (Å²) in [7, 11) is 0. The third-order valence-corrected chi connectivity index (χ3v) is 2.72. The van der Waals surface area contributed by atoms with E-state index in [1.54, 1.807) is 0 Å². The van der Waals surface area contributed by atoms with Crippen molar-refractivity contribution >= 4 is 33.8 Å². The predicted molar refractivity (Wildman–Crippen MR) is 62.4 cm³/mol. The summed E-state index contributed by atoms with van der Waals surface area (Å²) < 4.78 is 1.43. The van der Waals surface area contributed by atoms with Crippen LogP contribution in [0.1, 0.15) is 0 Å². The van der Waals surface area contributed by atoms with Crippen LogP contribution in [0.25, 0.3) is 27.8 Å². The normalized spacial score (nSPS) is 11.8. The van der Waals surface area contributed by atoms with Gasteiger partial charge in [-0.15, -0.1) is 10.2 Å². The van der Waals surface area contributed by atoms with Crippen molar-refractivity contribution in [3.63, 3.8) is 0 Å². The van der Waals surface area contributed by atoms with E-state index >= 15 is 0 Å². The molecule has 4 aromatic rings. The van der Waals surface area contributed by atoms with Gasteiger partial charge in [0.05, 0.1) is 0 Å². The predicted octanol–water partition coefficient (Wildman–Crippen LogP) is 0.736. The Hall–Kier alpha value is -2.70. The van der Waals surface area contributed by atoms with Gasteiger partial charge in [-0.1, -0.05) is 18.2 Å². The van der Waals surface area contributed by atoms with Crippen molar-refractivity contribution in [2.75, 3.05) is 5.73 Å². The SMILES string of the molecule is Nc1nnc2nc3[nH]c4ccccc4c3nn12. The molecule has 0 saturated heterocycles. The standard InChI is InChI=1S/C10H7N7/c11-9-14-15-10-13-8-7(16-17(9)10)5-3-1-2-4-6(5)12-8/h1-4H,(H2,11,14)(H,12,13,15). The van der Waals surface area contributed by atoms with Crippen molar-refractivity contribution in [3.8, 4) is 0 Å². The van der Waals surface area contributed by atoms with Gasteiger partial charge in [-0.05, 0) is 6.07 Å². The molecular formula is C10H7N7. The molecule has 0 aliphatic heterocycles. The molecule has 82 valence electrons. The number of fused-ring (bicyclic) bond motifs is 4. The van der Waals surface area contributed by atoms with Gasteiger partial charge in [0.1, 0.15) is 5.52 Å². The summed E-state index contributed by atoms with van der Waals surface area (Å²) in [5, 5.41) is 13.0. The zero-order valence-electron chi connectivity index (χ0n) is 8.62. The molecule has 0 saturated carbocycles. The van der Waals surface area contributed by atoms with Crippen molar-refractivity contribution < 1.29 is 0 Å². The number of hydrogen-bond acceptors (Lipinski definition) is 5. The molecule has 3 heterocycles. The van der Waals surface area contributed by atoms with Gasteiger partial charge in [-0.25, -0.2) is 0 Å². The quantitative estimate of drug-likeness (QED) is 0.460. The average Bonchev–Trinajstić information content (AvgIpc) is 2.88. The summed E-state index contributed by atoms with van der Waals surface area (Å²) in [5.41, 5.74) is 8.09. The number of nitrogens with zero attached hydrogens (tertiary/aromatic N) is 5. The van der Waals surface area contributed by atoms with Gasteiger partial charge >= 0.3 is 0 Å². The Morgan fingerprint density at radius 3 is 3.00 bits per heavy atom. The minimum atomic E-state index is 0.236. The molecule has 0 radical (unpaired) electrons. The fraction of sp³-hybridized carbons (Fsp3) is 0. The summed E-state index contributed by atoms with van der Waals surface area (Å²) in [6.07, 6.45) is 0. The number of aromatic amines is 1. The summed E-state index contributed by atoms with van der Waals surface area (Å²) >= 11 is 0. The van der Waals surface area contributed by atoms with Crippen LogP contribution in [0, 0.1) is 0 Å². The first-order valence-electron chi connectivity index (χ1n) is 5.08. The van der Waals surface area contributed by atoms with Gasteiger partial charge in [-0.2, -0.15) is 14.6 Å². The van der Waals surface area contributed by atoms with Crippen LogP contribution in [0.2, 0.25) is 0 Å². The van der Waals surface area contributed by atoms with Crippen molar-refractivity contribution in [2.45, 2.75) is 0 Å². The van der Waals surface area contributed by atoms with Crippen molar-refractivity contribution in [1.29, 1.82) is 0 Å². The van der Waals surface area contributed by atoms with Crippen molar-refractivity contribution in [2.24, 2.45) is 0 Å². The molecule has 0 atom stereocenters. The number of benzene rings is 1. The Labute approximate surface area is 94.3 Å². The maximum atomic E-state index is 5.66. The van der Waals surface area contributed by atoms with Gasteiger partial charge in [0.25, 0.3) is 5.78 Å².